The van der Waals surface area contributed by atoms with Crippen LogP contribution in [0, 0.1) is 0 Å². The van der Waals surface area contributed by atoms with Gasteiger partial charge in [0.2, 0.25) is 0 Å². The molecule has 0 aliphatic heterocycles. The highest BCUT2D eigenvalue weighted by molar-refractivity contribution is 5.71. The van der Waals surface area contributed by atoms with Crippen LogP contribution in [-0.2, 0) is 16.1 Å². The zero-order chi connectivity index (χ0) is 13.5. The first-order valence-electron chi connectivity index (χ1n) is 6.07. The maximum absolute atomic E-state index is 10.9. The smallest absolute Gasteiger partial charge is 0.319 e. The molecule has 0 fully saturated rings. The number of carbonyl (C=O) groups is 1. The molecule has 1 aromatic carbocycles. The molecular formula is C15H16N2O2. The van der Waals surface area contributed by atoms with Gasteiger partial charge in [-0.1, -0.05) is 30.3 Å². The second-order valence-electron chi connectivity index (χ2n) is 4.09. The Morgan fingerprint density at radius 2 is 2.00 bits per heavy atom. The average Bonchev–Trinajstić information content (AvgIpc) is 2.48. The van der Waals surface area contributed by atoms with Crippen molar-refractivity contribution in [1.82, 2.24) is 10.3 Å². The SMILES string of the molecule is COC(=O)CNCc1ccc(-c2ccccn2)cc1. The fourth-order valence-corrected chi connectivity index (χ4v) is 1.71. The first kappa shape index (κ1) is 13.2. The number of hydrogen-bond acceptors (Lipinski definition) is 4. The molecule has 0 unspecified atom stereocenters. The van der Waals surface area contributed by atoms with Crippen LogP contribution in [0.2, 0.25) is 0 Å². The fraction of sp³-hybridized carbons (Fsp3) is 0.200. The predicted molar refractivity (Wildman–Crippen MR) is 73.4 cm³/mol. The zero-order valence-corrected chi connectivity index (χ0v) is 10.8. The molecule has 2 aromatic rings. The first-order chi connectivity index (χ1) is 9.29. The molecule has 0 saturated heterocycles. The predicted octanol–water partition coefficient (Wildman–Crippen LogP) is 2.01. The van der Waals surface area contributed by atoms with Gasteiger partial charge in [-0.3, -0.25) is 9.78 Å². The molecule has 19 heavy (non-hydrogen) atoms. The molecule has 4 heteroatoms. The molecule has 0 amide bonds. The molecule has 98 valence electrons. The standard InChI is InChI=1S/C15H16N2O2/c1-19-15(18)11-16-10-12-5-7-13(8-6-12)14-4-2-3-9-17-14/h2-9,16H,10-11H2,1H3. The van der Waals surface area contributed by atoms with Crippen LogP contribution in [0.25, 0.3) is 11.3 Å². The maximum atomic E-state index is 10.9. The summed E-state index contributed by atoms with van der Waals surface area (Å²) in [5.74, 6) is -0.259. The van der Waals surface area contributed by atoms with Crippen LogP contribution in [0.4, 0.5) is 0 Å². The van der Waals surface area contributed by atoms with Crippen molar-refractivity contribution in [2.75, 3.05) is 13.7 Å². The summed E-state index contributed by atoms with van der Waals surface area (Å²) in [5.41, 5.74) is 3.15. The summed E-state index contributed by atoms with van der Waals surface area (Å²) in [6.07, 6.45) is 1.78. The third kappa shape index (κ3) is 3.89. The van der Waals surface area contributed by atoms with Gasteiger partial charge in [0.1, 0.15) is 0 Å². The minimum absolute atomic E-state index is 0.221. The molecule has 1 heterocycles. The van der Waals surface area contributed by atoms with E-state index in [1.54, 1.807) is 6.20 Å². The lowest BCUT2D eigenvalue weighted by Crippen LogP contribution is -2.23. The summed E-state index contributed by atoms with van der Waals surface area (Å²) in [5, 5.41) is 3.02. The molecule has 0 aliphatic rings. The largest absolute Gasteiger partial charge is 0.468 e. The molecule has 1 N–H and O–H groups in total. The highest BCUT2D eigenvalue weighted by atomic mass is 16.5. The van der Waals surface area contributed by atoms with E-state index in [9.17, 15) is 4.79 Å². The number of methoxy groups -OCH3 is 1. The van der Waals surface area contributed by atoms with Crippen molar-refractivity contribution >= 4 is 5.97 Å². The maximum Gasteiger partial charge on any atom is 0.319 e. The van der Waals surface area contributed by atoms with E-state index in [4.69, 9.17) is 0 Å². The van der Waals surface area contributed by atoms with Crippen molar-refractivity contribution in [2.24, 2.45) is 0 Å². The summed E-state index contributed by atoms with van der Waals surface area (Å²) in [6, 6.07) is 13.9. The number of hydrogen-bond donors (Lipinski definition) is 1. The second-order valence-corrected chi connectivity index (χ2v) is 4.09. The highest BCUT2D eigenvalue weighted by Gasteiger charge is 2.01. The summed E-state index contributed by atoms with van der Waals surface area (Å²) in [7, 11) is 1.38. The lowest BCUT2D eigenvalue weighted by molar-refractivity contribution is -0.139. The minimum atomic E-state index is -0.259. The third-order valence-corrected chi connectivity index (χ3v) is 2.74. The number of benzene rings is 1. The Morgan fingerprint density at radius 3 is 2.63 bits per heavy atom. The van der Waals surface area contributed by atoms with Crippen LogP contribution in [0.5, 0.6) is 0 Å². The molecule has 0 atom stereocenters. The van der Waals surface area contributed by atoms with Crippen molar-refractivity contribution in [3.8, 4) is 11.3 Å². The Morgan fingerprint density at radius 1 is 1.21 bits per heavy atom. The number of nitrogens with zero attached hydrogens (tertiary/aromatic N) is 1. The van der Waals surface area contributed by atoms with Crippen LogP contribution in [0.3, 0.4) is 0 Å². The van der Waals surface area contributed by atoms with Gasteiger partial charge in [-0.05, 0) is 17.7 Å². The van der Waals surface area contributed by atoms with E-state index in [1.165, 1.54) is 7.11 Å². The van der Waals surface area contributed by atoms with E-state index in [2.05, 4.69) is 15.0 Å². The third-order valence-electron chi connectivity index (χ3n) is 2.74. The van der Waals surface area contributed by atoms with E-state index in [-0.39, 0.29) is 12.5 Å². The van der Waals surface area contributed by atoms with E-state index in [0.29, 0.717) is 6.54 Å². The van der Waals surface area contributed by atoms with Gasteiger partial charge in [-0.15, -0.1) is 0 Å². The highest BCUT2D eigenvalue weighted by Crippen LogP contribution is 2.16. The van der Waals surface area contributed by atoms with Crippen molar-refractivity contribution in [3.05, 3.63) is 54.2 Å². The molecule has 0 spiro atoms. The van der Waals surface area contributed by atoms with Crippen LogP contribution in [0.15, 0.2) is 48.7 Å². The van der Waals surface area contributed by atoms with E-state index < -0.39 is 0 Å². The summed E-state index contributed by atoms with van der Waals surface area (Å²) in [6.45, 7) is 0.857. The Bertz CT molecular complexity index is 524. The first-order valence-corrected chi connectivity index (χ1v) is 6.07. The van der Waals surface area contributed by atoms with Gasteiger partial charge < -0.3 is 10.1 Å². The molecule has 0 aliphatic carbocycles. The molecular weight excluding hydrogens is 240 g/mol. The number of nitrogens with one attached hydrogen (secondary N) is 1. The molecule has 4 nitrogen and oxygen atoms in total. The van der Waals surface area contributed by atoms with Gasteiger partial charge >= 0.3 is 5.97 Å². The molecule has 0 radical (unpaired) electrons. The van der Waals surface area contributed by atoms with Gasteiger partial charge in [-0.25, -0.2) is 0 Å². The van der Waals surface area contributed by atoms with Crippen molar-refractivity contribution in [3.63, 3.8) is 0 Å². The van der Waals surface area contributed by atoms with Gasteiger partial charge in [0.05, 0.1) is 19.3 Å². The van der Waals surface area contributed by atoms with Crippen LogP contribution in [-0.4, -0.2) is 24.6 Å². The van der Waals surface area contributed by atoms with Crippen molar-refractivity contribution in [1.29, 1.82) is 0 Å². The van der Waals surface area contributed by atoms with Gasteiger partial charge in [-0.2, -0.15) is 0 Å². The lowest BCUT2D eigenvalue weighted by Gasteiger charge is -2.05. The number of pyridine rings is 1. The zero-order valence-electron chi connectivity index (χ0n) is 10.8. The number of esters is 1. The van der Waals surface area contributed by atoms with Gasteiger partial charge in [0, 0.05) is 18.3 Å². The summed E-state index contributed by atoms with van der Waals surface area (Å²) < 4.78 is 4.56. The summed E-state index contributed by atoms with van der Waals surface area (Å²) in [4.78, 5) is 15.2. The lowest BCUT2D eigenvalue weighted by atomic mass is 10.1. The van der Waals surface area contributed by atoms with Crippen LogP contribution in [0.1, 0.15) is 5.56 Å². The molecule has 1 aromatic heterocycles. The Hall–Kier alpha value is -2.20. The van der Waals surface area contributed by atoms with E-state index >= 15 is 0 Å². The normalized spacial score (nSPS) is 10.2. The Kier molecular flexibility index (Phi) is 4.64. The topological polar surface area (TPSA) is 51.2 Å². The number of aromatic nitrogens is 1. The molecule has 2 rings (SSSR count). The van der Waals surface area contributed by atoms with Crippen LogP contribution >= 0.6 is 0 Å². The van der Waals surface area contributed by atoms with Crippen molar-refractivity contribution < 1.29 is 9.53 Å². The average molecular weight is 256 g/mol. The number of carbonyl (C=O) groups excluding carboxylic acids is 1. The monoisotopic (exact) mass is 256 g/mol. The summed E-state index contributed by atoms with van der Waals surface area (Å²) >= 11 is 0. The van der Waals surface area contributed by atoms with E-state index in [1.807, 2.05) is 42.5 Å². The fourth-order valence-electron chi connectivity index (χ4n) is 1.71. The van der Waals surface area contributed by atoms with Gasteiger partial charge in [0.15, 0.2) is 0 Å². The number of ether oxygens (including phenoxy) is 1. The molecule has 0 saturated carbocycles. The van der Waals surface area contributed by atoms with Crippen molar-refractivity contribution in [2.45, 2.75) is 6.54 Å². The second kappa shape index (κ2) is 6.66. The van der Waals surface area contributed by atoms with Crippen LogP contribution < -0.4 is 5.32 Å². The Balaban J connectivity index is 1.94. The van der Waals surface area contributed by atoms with Gasteiger partial charge in [0.25, 0.3) is 0 Å². The quantitative estimate of drug-likeness (QED) is 0.831. The molecule has 0 bridgehead atoms. The number of rotatable bonds is 5. The van der Waals surface area contributed by atoms with E-state index in [0.717, 1.165) is 16.8 Å². The Labute approximate surface area is 112 Å². The minimum Gasteiger partial charge on any atom is -0.468 e.